The first-order valence-corrected chi connectivity index (χ1v) is 9.37. The number of rotatable bonds is 10. The number of carbonyl (C=O) groups is 1. The third-order valence-corrected chi connectivity index (χ3v) is 3.83. The SMILES string of the molecule is CCCN(CCC)c1cc(N)nc(OCCNC(=O)Nc2ccccc2)c1. The highest BCUT2D eigenvalue weighted by atomic mass is 16.5. The Kier molecular flexibility index (Phi) is 8.22. The Labute approximate surface area is 160 Å². The molecule has 0 saturated carbocycles. The van der Waals surface area contributed by atoms with Gasteiger partial charge < -0.3 is 26.0 Å². The van der Waals surface area contributed by atoms with E-state index in [1.807, 2.05) is 42.5 Å². The molecule has 2 aromatic rings. The van der Waals surface area contributed by atoms with Crippen LogP contribution >= 0.6 is 0 Å². The highest BCUT2D eigenvalue weighted by Crippen LogP contribution is 2.23. The van der Waals surface area contributed by atoms with Gasteiger partial charge in [-0.05, 0) is 25.0 Å². The molecule has 7 heteroatoms. The molecular weight excluding hydrogens is 342 g/mol. The Morgan fingerprint density at radius 3 is 2.52 bits per heavy atom. The number of nitrogens with one attached hydrogen (secondary N) is 2. The zero-order valence-electron chi connectivity index (χ0n) is 16.1. The lowest BCUT2D eigenvalue weighted by Gasteiger charge is -2.24. The van der Waals surface area contributed by atoms with Gasteiger partial charge in [0.15, 0.2) is 0 Å². The molecule has 2 rings (SSSR count). The quantitative estimate of drug-likeness (QED) is 0.556. The number of para-hydroxylation sites is 1. The minimum absolute atomic E-state index is 0.275. The maximum atomic E-state index is 11.8. The van der Waals surface area contributed by atoms with Crippen LogP contribution in [-0.4, -0.2) is 37.3 Å². The molecule has 0 aliphatic heterocycles. The number of nitrogen functional groups attached to an aromatic ring is 1. The van der Waals surface area contributed by atoms with Crippen molar-refractivity contribution in [2.24, 2.45) is 0 Å². The van der Waals surface area contributed by atoms with Crippen molar-refractivity contribution in [3.05, 3.63) is 42.5 Å². The summed E-state index contributed by atoms with van der Waals surface area (Å²) in [6.45, 7) is 6.88. The van der Waals surface area contributed by atoms with E-state index in [-0.39, 0.29) is 6.03 Å². The molecule has 0 spiro atoms. The Hall–Kier alpha value is -2.96. The van der Waals surface area contributed by atoms with Crippen molar-refractivity contribution in [2.45, 2.75) is 26.7 Å². The lowest BCUT2D eigenvalue weighted by Crippen LogP contribution is -2.32. The summed E-state index contributed by atoms with van der Waals surface area (Å²) in [5, 5.41) is 5.50. The fourth-order valence-corrected chi connectivity index (χ4v) is 2.69. The van der Waals surface area contributed by atoms with E-state index in [2.05, 4.69) is 34.4 Å². The molecule has 1 heterocycles. The van der Waals surface area contributed by atoms with Gasteiger partial charge >= 0.3 is 6.03 Å². The van der Waals surface area contributed by atoms with Crippen LogP contribution in [0.3, 0.4) is 0 Å². The Balaban J connectivity index is 1.83. The number of anilines is 3. The van der Waals surface area contributed by atoms with E-state index in [0.29, 0.717) is 24.8 Å². The molecule has 4 N–H and O–H groups in total. The van der Waals surface area contributed by atoms with Crippen molar-refractivity contribution in [3.8, 4) is 5.88 Å². The lowest BCUT2D eigenvalue weighted by molar-refractivity contribution is 0.246. The summed E-state index contributed by atoms with van der Waals surface area (Å²) in [5.74, 6) is 0.891. The molecule has 7 nitrogen and oxygen atoms in total. The van der Waals surface area contributed by atoms with E-state index in [4.69, 9.17) is 10.5 Å². The van der Waals surface area contributed by atoms with Crippen LogP contribution in [0, 0.1) is 0 Å². The zero-order chi connectivity index (χ0) is 19.5. The maximum absolute atomic E-state index is 11.8. The molecule has 0 aliphatic carbocycles. The number of ether oxygens (including phenoxy) is 1. The van der Waals surface area contributed by atoms with Crippen LogP contribution in [-0.2, 0) is 0 Å². The smallest absolute Gasteiger partial charge is 0.319 e. The number of carbonyl (C=O) groups excluding carboxylic acids is 1. The largest absolute Gasteiger partial charge is 0.476 e. The van der Waals surface area contributed by atoms with Gasteiger partial charge in [-0.2, -0.15) is 4.98 Å². The van der Waals surface area contributed by atoms with E-state index in [1.165, 1.54) is 0 Å². The number of nitrogens with zero attached hydrogens (tertiary/aromatic N) is 2. The number of benzene rings is 1. The van der Waals surface area contributed by atoms with Crippen molar-refractivity contribution < 1.29 is 9.53 Å². The topological polar surface area (TPSA) is 92.5 Å². The van der Waals surface area contributed by atoms with Gasteiger partial charge in [-0.15, -0.1) is 0 Å². The highest BCUT2D eigenvalue weighted by molar-refractivity contribution is 5.89. The van der Waals surface area contributed by atoms with Crippen molar-refractivity contribution in [3.63, 3.8) is 0 Å². The molecule has 0 radical (unpaired) electrons. The predicted molar refractivity (Wildman–Crippen MR) is 110 cm³/mol. The van der Waals surface area contributed by atoms with Gasteiger partial charge in [0.05, 0.1) is 6.54 Å². The minimum atomic E-state index is -0.275. The first kappa shape index (κ1) is 20.4. The van der Waals surface area contributed by atoms with E-state index < -0.39 is 0 Å². The van der Waals surface area contributed by atoms with Crippen LogP contribution in [0.15, 0.2) is 42.5 Å². The third-order valence-electron chi connectivity index (χ3n) is 3.83. The molecule has 0 bridgehead atoms. The van der Waals surface area contributed by atoms with Crippen LogP contribution in [0.1, 0.15) is 26.7 Å². The Bertz CT molecular complexity index is 703. The number of amides is 2. The second kappa shape index (κ2) is 10.9. The zero-order valence-corrected chi connectivity index (χ0v) is 16.1. The van der Waals surface area contributed by atoms with Gasteiger partial charge in [-0.3, -0.25) is 0 Å². The number of hydrogen-bond donors (Lipinski definition) is 3. The van der Waals surface area contributed by atoms with E-state index in [0.717, 1.165) is 37.3 Å². The second-order valence-electron chi connectivity index (χ2n) is 6.17. The molecule has 0 atom stereocenters. The summed E-state index contributed by atoms with van der Waals surface area (Å²) in [5.41, 5.74) is 7.68. The fraction of sp³-hybridized carbons (Fsp3) is 0.400. The number of nitrogens with two attached hydrogens (primary N) is 1. The molecule has 0 fully saturated rings. The van der Waals surface area contributed by atoms with Crippen molar-refractivity contribution in [2.75, 3.05) is 42.2 Å². The third kappa shape index (κ3) is 7.05. The summed E-state index contributed by atoms with van der Waals surface area (Å²) in [6.07, 6.45) is 2.11. The summed E-state index contributed by atoms with van der Waals surface area (Å²) in [4.78, 5) is 18.3. The molecule has 0 saturated heterocycles. The molecule has 1 aromatic heterocycles. The standard InChI is InChI=1S/C20H29N5O2/c1-3-11-25(12-4-2)17-14-18(21)24-19(15-17)27-13-10-22-20(26)23-16-8-6-5-7-9-16/h5-9,14-15H,3-4,10-13H2,1-2H3,(H2,21,24)(H2,22,23,26). The number of pyridine rings is 1. The molecular formula is C20H29N5O2. The van der Waals surface area contributed by atoms with Gasteiger partial charge in [0.25, 0.3) is 0 Å². The number of hydrogen-bond acceptors (Lipinski definition) is 5. The number of aromatic nitrogens is 1. The molecule has 146 valence electrons. The van der Waals surface area contributed by atoms with Gasteiger partial charge in [-0.25, -0.2) is 4.79 Å². The van der Waals surface area contributed by atoms with E-state index in [1.54, 1.807) is 0 Å². The van der Waals surface area contributed by atoms with Crippen LogP contribution in [0.2, 0.25) is 0 Å². The highest BCUT2D eigenvalue weighted by Gasteiger charge is 2.09. The monoisotopic (exact) mass is 371 g/mol. The van der Waals surface area contributed by atoms with Crippen molar-refractivity contribution in [1.82, 2.24) is 10.3 Å². The van der Waals surface area contributed by atoms with Crippen molar-refractivity contribution >= 4 is 23.2 Å². The van der Waals surface area contributed by atoms with Crippen LogP contribution in [0.25, 0.3) is 0 Å². The predicted octanol–water partition coefficient (Wildman–Crippen LogP) is 3.49. The second-order valence-corrected chi connectivity index (χ2v) is 6.17. The minimum Gasteiger partial charge on any atom is -0.476 e. The number of urea groups is 1. The average Bonchev–Trinajstić information content (AvgIpc) is 2.65. The van der Waals surface area contributed by atoms with Crippen LogP contribution in [0.5, 0.6) is 5.88 Å². The Morgan fingerprint density at radius 1 is 1.15 bits per heavy atom. The first-order valence-electron chi connectivity index (χ1n) is 9.37. The molecule has 27 heavy (non-hydrogen) atoms. The van der Waals surface area contributed by atoms with Gasteiger partial charge in [-0.1, -0.05) is 32.0 Å². The molecule has 0 unspecified atom stereocenters. The summed E-state index contributed by atoms with van der Waals surface area (Å²) < 4.78 is 5.67. The summed E-state index contributed by atoms with van der Waals surface area (Å²) in [6, 6.07) is 12.8. The average molecular weight is 371 g/mol. The van der Waals surface area contributed by atoms with E-state index >= 15 is 0 Å². The maximum Gasteiger partial charge on any atom is 0.319 e. The van der Waals surface area contributed by atoms with Crippen LogP contribution < -0.4 is 26.0 Å². The Morgan fingerprint density at radius 2 is 1.85 bits per heavy atom. The van der Waals surface area contributed by atoms with Crippen molar-refractivity contribution in [1.29, 1.82) is 0 Å². The lowest BCUT2D eigenvalue weighted by atomic mass is 10.3. The van der Waals surface area contributed by atoms with E-state index in [9.17, 15) is 4.79 Å². The summed E-state index contributed by atoms with van der Waals surface area (Å²) in [7, 11) is 0. The fourth-order valence-electron chi connectivity index (χ4n) is 2.69. The normalized spacial score (nSPS) is 10.3. The molecule has 0 aliphatic rings. The van der Waals surface area contributed by atoms with Crippen LogP contribution in [0.4, 0.5) is 22.0 Å². The molecule has 1 aromatic carbocycles. The summed E-state index contributed by atoms with van der Waals surface area (Å²) >= 11 is 0. The van der Waals surface area contributed by atoms with Gasteiger partial charge in [0.2, 0.25) is 5.88 Å². The first-order chi connectivity index (χ1) is 13.1. The van der Waals surface area contributed by atoms with Gasteiger partial charge in [0.1, 0.15) is 12.4 Å². The molecule has 2 amide bonds. The van der Waals surface area contributed by atoms with Gasteiger partial charge in [0, 0.05) is 36.6 Å².